The number of carbonyl (C=O) groups excluding carboxylic acids is 1. The molecule has 2 heterocycles. The first-order valence-electron chi connectivity index (χ1n) is 12.5. The largest absolute Gasteiger partial charge is 0.486 e. The number of hydrogen-bond donors (Lipinski definition) is 2. The molecule has 0 fully saturated rings. The van der Waals surface area contributed by atoms with Gasteiger partial charge >= 0.3 is 0 Å². The summed E-state index contributed by atoms with van der Waals surface area (Å²) in [4.78, 5) is 17.3. The van der Waals surface area contributed by atoms with Crippen molar-refractivity contribution in [3.63, 3.8) is 0 Å². The summed E-state index contributed by atoms with van der Waals surface area (Å²) in [5.74, 6) is 1.59. The normalized spacial score (nSPS) is 14.8. The predicted molar refractivity (Wildman–Crippen MR) is 155 cm³/mol. The van der Waals surface area contributed by atoms with Gasteiger partial charge in [-0.2, -0.15) is 9.61 Å². The van der Waals surface area contributed by atoms with Crippen molar-refractivity contribution in [1.29, 1.82) is 0 Å². The summed E-state index contributed by atoms with van der Waals surface area (Å²) in [7, 11) is 0. The molecule has 9 heteroatoms. The van der Waals surface area contributed by atoms with Gasteiger partial charge in [0, 0.05) is 41.7 Å². The molecule has 2 N–H and O–H groups in total. The monoisotopic (exact) mass is 591 g/mol. The quantitative estimate of drug-likeness (QED) is 0.207. The van der Waals surface area contributed by atoms with E-state index in [1.807, 2.05) is 78.9 Å². The number of rotatable bonds is 10. The molecule has 1 amide bonds. The Hall–Kier alpha value is -3.62. The van der Waals surface area contributed by atoms with Crippen LogP contribution in [0.25, 0.3) is 16.9 Å². The van der Waals surface area contributed by atoms with Crippen LogP contribution >= 0.6 is 27.5 Å². The van der Waals surface area contributed by atoms with Gasteiger partial charge in [0.2, 0.25) is 0 Å². The molecule has 1 unspecified atom stereocenters. The zero-order valence-electron chi connectivity index (χ0n) is 20.6. The van der Waals surface area contributed by atoms with E-state index in [0.717, 1.165) is 46.7 Å². The van der Waals surface area contributed by atoms with E-state index in [9.17, 15) is 4.79 Å². The van der Waals surface area contributed by atoms with Crippen LogP contribution in [-0.4, -0.2) is 39.7 Å². The van der Waals surface area contributed by atoms with E-state index in [1.54, 1.807) is 10.7 Å². The minimum absolute atomic E-state index is 0.0611. The van der Waals surface area contributed by atoms with Crippen molar-refractivity contribution >= 4 is 44.9 Å². The third kappa shape index (κ3) is 6.26. The van der Waals surface area contributed by atoms with Crippen molar-refractivity contribution in [2.45, 2.75) is 25.4 Å². The Balaban J connectivity index is 1.09. The zero-order chi connectivity index (χ0) is 26.3. The van der Waals surface area contributed by atoms with Crippen LogP contribution < -0.4 is 15.4 Å². The number of nitrogens with zero attached hydrogens (tertiary/aromatic N) is 3. The Labute approximate surface area is 234 Å². The van der Waals surface area contributed by atoms with E-state index in [1.165, 1.54) is 0 Å². The van der Waals surface area contributed by atoms with Crippen molar-refractivity contribution in [2.24, 2.45) is 0 Å². The maximum Gasteiger partial charge on any atom is 0.250 e. The number of unbranched alkanes of at least 4 members (excludes halogenated alkanes) is 1. The maximum absolute atomic E-state index is 12.5. The molecule has 0 saturated carbocycles. The smallest absolute Gasteiger partial charge is 0.250 e. The van der Waals surface area contributed by atoms with Gasteiger partial charge in [-0.3, -0.25) is 4.79 Å². The summed E-state index contributed by atoms with van der Waals surface area (Å²) in [5, 5.41) is 11.5. The van der Waals surface area contributed by atoms with E-state index in [0.29, 0.717) is 29.2 Å². The van der Waals surface area contributed by atoms with E-state index >= 15 is 0 Å². The van der Waals surface area contributed by atoms with E-state index in [4.69, 9.17) is 21.3 Å². The second-order valence-corrected chi connectivity index (χ2v) is 10.1. The summed E-state index contributed by atoms with van der Waals surface area (Å²) in [6, 6.07) is 19.3. The summed E-state index contributed by atoms with van der Waals surface area (Å²) >= 11 is 9.95. The highest BCUT2D eigenvalue weighted by Crippen LogP contribution is 2.30. The van der Waals surface area contributed by atoms with Crippen molar-refractivity contribution in [3.8, 4) is 17.0 Å². The maximum atomic E-state index is 12.5. The number of carbonyl (C=O) groups is 1. The lowest BCUT2D eigenvalue weighted by molar-refractivity contribution is -0.117. The molecular weight excluding hydrogens is 566 g/mol. The van der Waals surface area contributed by atoms with Crippen LogP contribution in [0.3, 0.4) is 0 Å². The molecule has 0 saturated heterocycles. The standard InChI is InChI=1S/C29H27BrClN5O2/c30-24-19-34-36-27(18-26(35-28(24)36)23-10-4-5-11-25(23)31)32-16-6-7-17-33-29(37)20-12-14-22(15-13-20)38-21-8-2-1-3-9-21/h1-5,8-14,18-19,22,32H,6-7,15-17H2,(H,33,37). The molecule has 194 valence electrons. The molecule has 38 heavy (non-hydrogen) atoms. The average Bonchev–Trinajstić information content (AvgIpc) is 3.32. The van der Waals surface area contributed by atoms with Crippen LogP contribution in [0.2, 0.25) is 5.02 Å². The second-order valence-electron chi connectivity index (χ2n) is 8.85. The highest BCUT2D eigenvalue weighted by molar-refractivity contribution is 9.10. The average molecular weight is 593 g/mol. The van der Waals surface area contributed by atoms with Gasteiger partial charge in [0.15, 0.2) is 5.65 Å². The molecule has 1 atom stereocenters. The first kappa shape index (κ1) is 26.0. The molecule has 7 nitrogen and oxygen atoms in total. The molecular formula is C29H27BrClN5O2. The number of fused-ring (bicyclic) bond motifs is 1. The molecule has 0 bridgehead atoms. The topological polar surface area (TPSA) is 80.5 Å². The van der Waals surface area contributed by atoms with Crippen LogP contribution in [0, 0.1) is 0 Å². The molecule has 1 aliphatic rings. The number of ether oxygens (including phenoxy) is 1. The Bertz CT molecular complexity index is 1490. The molecule has 0 spiro atoms. The van der Waals surface area contributed by atoms with Gasteiger partial charge in [-0.1, -0.05) is 60.2 Å². The highest BCUT2D eigenvalue weighted by atomic mass is 79.9. The lowest BCUT2D eigenvalue weighted by Gasteiger charge is -2.18. The molecule has 5 rings (SSSR count). The number of anilines is 1. The van der Waals surface area contributed by atoms with E-state index in [-0.39, 0.29) is 12.0 Å². The number of halogens is 2. The SMILES string of the molecule is O=C(NCCCCNc1cc(-c2ccccc2Cl)nc2c(Br)cnn12)C1=CCC(Oc2ccccc2)C=C1. The summed E-state index contributed by atoms with van der Waals surface area (Å²) in [6.07, 6.45) is 9.74. The van der Waals surface area contributed by atoms with Crippen molar-refractivity contribution in [1.82, 2.24) is 19.9 Å². The van der Waals surface area contributed by atoms with Crippen LogP contribution in [0.5, 0.6) is 5.75 Å². The highest BCUT2D eigenvalue weighted by Gasteiger charge is 2.15. The van der Waals surface area contributed by atoms with Crippen molar-refractivity contribution in [3.05, 3.63) is 100 Å². The Morgan fingerprint density at radius 2 is 1.89 bits per heavy atom. The Kier molecular flexibility index (Phi) is 8.41. The minimum atomic E-state index is -0.0616. The number of amides is 1. The summed E-state index contributed by atoms with van der Waals surface area (Å²) in [6.45, 7) is 1.31. The lowest BCUT2D eigenvalue weighted by atomic mass is 10.0. The fourth-order valence-corrected chi connectivity index (χ4v) is 4.75. The van der Waals surface area contributed by atoms with Crippen molar-refractivity contribution < 1.29 is 9.53 Å². The molecule has 0 radical (unpaired) electrons. The number of benzene rings is 2. The third-order valence-corrected chi connectivity index (χ3v) is 7.02. The van der Waals surface area contributed by atoms with Crippen LogP contribution in [0.4, 0.5) is 5.82 Å². The summed E-state index contributed by atoms with van der Waals surface area (Å²) in [5.41, 5.74) is 3.01. The molecule has 2 aromatic heterocycles. The second kappa shape index (κ2) is 12.3. The van der Waals surface area contributed by atoms with Crippen LogP contribution in [-0.2, 0) is 4.79 Å². The predicted octanol–water partition coefficient (Wildman–Crippen LogP) is 6.45. The fraction of sp³-hybridized carbons (Fsp3) is 0.207. The van der Waals surface area contributed by atoms with Crippen LogP contribution in [0.1, 0.15) is 19.3 Å². The van der Waals surface area contributed by atoms with Gasteiger partial charge in [0.25, 0.3) is 5.91 Å². The van der Waals surface area contributed by atoms with E-state index < -0.39 is 0 Å². The first-order chi connectivity index (χ1) is 18.6. The minimum Gasteiger partial charge on any atom is -0.486 e. The number of hydrogen-bond acceptors (Lipinski definition) is 5. The molecule has 1 aliphatic carbocycles. The number of nitrogens with one attached hydrogen (secondary N) is 2. The number of para-hydroxylation sites is 1. The lowest BCUT2D eigenvalue weighted by Crippen LogP contribution is -2.27. The van der Waals surface area contributed by atoms with E-state index in [2.05, 4.69) is 31.7 Å². The van der Waals surface area contributed by atoms with Gasteiger partial charge in [-0.15, -0.1) is 0 Å². The molecule has 4 aromatic rings. The Morgan fingerprint density at radius 1 is 1.11 bits per heavy atom. The Morgan fingerprint density at radius 3 is 2.68 bits per heavy atom. The van der Waals surface area contributed by atoms with Gasteiger partial charge in [-0.25, -0.2) is 4.98 Å². The number of aromatic nitrogens is 3. The first-order valence-corrected chi connectivity index (χ1v) is 13.7. The molecule has 0 aliphatic heterocycles. The van der Waals surface area contributed by atoms with Gasteiger partial charge < -0.3 is 15.4 Å². The fourth-order valence-electron chi connectivity index (χ4n) is 4.17. The van der Waals surface area contributed by atoms with Crippen molar-refractivity contribution in [2.75, 3.05) is 18.4 Å². The van der Waals surface area contributed by atoms with Gasteiger partial charge in [-0.05, 0) is 53.0 Å². The third-order valence-electron chi connectivity index (χ3n) is 6.13. The molecule has 2 aromatic carbocycles. The van der Waals surface area contributed by atoms with Gasteiger partial charge in [0.1, 0.15) is 17.7 Å². The van der Waals surface area contributed by atoms with Crippen LogP contribution in [0.15, 0.2) is 95.1 Å². The van der Waals surface area contributed by atoms with Gasteiger partial charge in [0.05, 0.1) is 16.4 Å². The zero-order valence-corrected chi connectivity index (χ0v) is 23.0. The summed E-state index contributed by atoms with van der Waals surface area (Å²) < 4.78 is 8.50.